The zero-order valence-corrected chi connectivity index (χ0v) is 16.0. The summed E-state index contributed by atoms with van der Waals surface area (Å²) in [6, 6.07) is 0. The number of carbonyl (C=O) groups is 1. The molecule has 5 heteroatoms. The predicted octanol–water partition coefficient (Wildman–Crippen LogP) is 1.65. The van der Waals surface area contributed by atoms with Crippen LogP contribution >= 0.6 is 0 Å². The number of fused-ring (bicyclic) bond motifs is 5. The molecular formula is C21H34O5. The van der Waals surface area contributed by atoms with Gasteiger partial charge in [-0.25, -0.2) is 0 Å². The van der Waals surface area contributed by atoms with Crippen molar-refractivity contribution in [2.45, 2.75) is 83.0 Å². The molecule has 0 heterocycles. The highest BCUT2D eigenvalue weighted by atomic mass is 16.4. The van der Waals surface area contributed by atoms with Crippen molar-refractivity contribution < 1.29 is 25.2 Å². The molecule has 148 valence electrons. The van der Waals surface area contributed by atoms with E-state index in [-0.39, 0.29) is 41.5 Å². The van der Waals surface area contributed by atoms with Crippen LogP contribution in [0, 0.1) is 34.5 Å². The third kappa shape index (κ3) is 2.27. The van der Waals surface area contributed by atoms with Crippen LogP contribution in [0.5, 0.6) is 0 Å². The van der Waals surface area contributed by atoms with Crippen LogP contribution in [0.2, 0.25) is 0 Å². The lowest BCUT2D eigenvalue weighted by Crippen LogP contribution is -2.63. The van der Waals surface area contributed by atoms with E-state index in [9.17, 15) is 25.2 Å². The molecule has 0 spiro atoms. The first kappa shape index (κ1) is 18.9. The second-order valence-electron chi connectivity index (χ2n) is 10.2. The van der Waals surface area contributed by atoms with E-state index in [1.165, 1.54) is 0 Å². The Morgan fingerprint density at radius 3 is 2.58 bits per heavy atom. The highest BCUT2D eigenvalue weighted by Gasteiger charge is 2.68. The van der Waals surface area contributed by atoms with Crippen LogP contribution in [0.15, 0.2) is 0 Å². The molecule has 26 heavy (non-hydrogen) atoms. The summed E-state index contributed by atoms with van der Waals surface area (Å²) in [4.78, 5) is 13.4. The lowest BCUT2D eigenvalue weighted by atomic mass is 9.44. The van der Waals surface area contributed by atoms with Crippen LogP contribution in [-0.2, 0) is 4.79 Å². The van der Waals surface area contributed by atoms with E-state index in [1.807, 2.05) is 6.92 Å². The summed E-state index contributed by atoms with van der Waals surface area (Å²) in [5, 5.41) is 41.2. The highest BCUT2D eigenvalue weighted by molar-refractivity contribution is 5.84. The van der Waals surface area contributed by atoms with Crippen molar-refractivity contribution in [3.8, 4) is 0 Å². The summed E-state index contributed by atoms with van der Waals surface area (Å²) >= 11 is 0. The second-order valence-corrected chi connectivity index (χ2v) is 10.2. The maximum Gasteiger partial charge on any atom is 0.137 e. The Morgan fingerprint density at radius 2 is 1.88 bits per heavy atom. The summed E-state index contributed by atoms with van der Waals surface area (Å²) in [5.41, 5.74) is -2.09. The molecule has 0 radical (unpaired) electrons. The summed E-state index contributed by atoms with van der Waals surface area (Å²) in [6.07, 6.45) is 4.61. The molecule has 4 rings (SSSR count). The molecule has 4 aliphatic rings. The standard InChI is InChI=1S/C21H34O5/c1-19-7-5-13(23)9-12(19)3-4-14-15-6-8-21(26,17(25)11-22)20(15,2)10-16(24)18(14)19/h12-15,17-18,22-23,25-26H,3-11H2,1-2H3/t12-,13+,14-,15+,17+,18+,19-,20+,21-/m0/s1. The fraction of sp³-hybridized carbons (Fsp3) is 0.952. The Morgan fingerprint density at radius 1 is 1.15 bits per heavy atom. The van der Waals surface area contributed by atoms with Gasteiger partial charge in [0.2, 0.25) is 0 Å². The van der Waals surface area contributed by atoms with Crippen molar-refractivity contribution in [2.75, 3.05) is 6.61 Å². The number of hydrogen-bond acceptors (Lipinski definition) is 5. The van der Waals surface area contributed by atoms with Gasteiger partial charge in [0.25, 0.3) is 0 Å². The van der Waals surface area contributed by atoms with Gasteiger partial charge in [-0.3, -0.25) is 4.79 Å². The number of ketones is 1. The third-order valence-electron chi connectivity index (χ3n) is 9.27. The van der Waals surface area contributed by atoms with Crippen LogP contribution in [0.3, 0.4) is 0 Å². The fourth-order valence-electron chi connectivity index (χ4n) is 7.79. The molecule has 4 saturated carbocycles. The smallest absolute Gasteiger partial charge is 0.137 e. The Labute approximate surface area is 155 Å². The second kappa shape index (κ2) is 6.00. The lowest BCUT2D eigenvalue weighted by Gasteiger charge is -2.60. The van der Waals surface area contributed by atoms with Gasteiger partial charge >= 0.3 is 0 Å². The minimum atomic E-state index is -1.38. The van der Waals surface area contributed by atoms with E-state index in [1.54, 1.807) is 0 Å². The minimum absolute atomic E-state index is 0.0143. The maximum absolute atomic E-state index is 13.4. The van der Waals surface area contributed by atoms with Gasteiger partial charge in [-0.05, 0) is 68.1 Å². The summed E-state index contributed by atoms with van der Waals surface area (Å²) in [6.45, 7) is 3.74. The van der Waals surface area contributed by atoms with E-state index < -0.39 is 23.7 Å². The van der Waals surface area contributed by atoms with Crippen LogP contribution < -0.4 is 0 Å². The average Bonchev–Trinajstić information content (AvgIpc) is 2.86. The predicted molar refractivity (Wildman–Crippen MR) is 96.2 cm³/mol. The monoisotopic (exact) mass is 366 g/mol. The van der Waals surface area contributed by atoms with E-state index in [2.05, 4.69) is 6.92 Å². The van der Waals surface area contributed by atoms with E-state index in [0.717, 1.165) is 38.5 Å². The fourth-order valence-corrected chi connectivity index (χ4v) is 7.79. The Hall–Kier alpha value is -0.490. The van der Waals surface area contributed by atoms with Gasteiger partial charge in [0.05, 0.1) is 18.3 Å². The van der Waals surface area contributed by atoms with Gasteiger partial charge in [0.1, 0.15) is 11.9 Å². The highest BCUT2D eigenvalue weighted by Crippen LogP contribution is 2.67. The number of Topliss-reactive ketones (excluding diaryl/α,β-unsaturated/α-hetero) is 1. The van der Waals surface area contributed by atoms with Gasteiger partial charge in [-0.1, -0.05) is 13.8 Å². The number of aliphatic hydroxyl groups excluding tert-OH is 3. The molecule has 0 aromatic heterocycles. The third-order valence-corrected chi connectivity index (χ3v) is 9.27. The first-order chi connectivity index (χ1) is 12.2. The molecule has 0 amide bonds. The van der Waals surface area contributed by atoms with Gasteiger partial charge in [0.15, 0.2) is 0 Å². The van der Waals surface area contributed by atoms with E-state index in [4.69, 9.17) is 0 Å². The van der Waals surface area contributed by atoms with Crippen LogP contribution in [0.4, 0.5) is 0 Å². The molecule has 0 unspecified atom stereocenters. The van der Waals surface area contributed by atoms with Crippen LogP contribution in [-0.4, -0.2) is 50.6 Å². The number of aliphatic hydroxyl groups is 4. The zero-order valence-electron chi connectivity index (χ0n) is 16.0. The maximum atomic E-state index is 13.4. The van der Waals surface area contributed by atoms with E-state index in [0.29, 0.717) is 12.3 Å². The molecule has 0 aromatic rings. The molecule has 0 aromatic carbocycles. The summed E-state index contributed by atoms with van der Waals surface area (Å²) in [5.74, 6) is 1.10. The number of carbonyl (C=O) groups excluding carboxylic acids is 1. The Kier molecular flexibility index (Phi) is 4.35. The number of rotatable bonds is 2. The van der Waals surface area contributed by atoms with E-state index >= 15 is 0 Å². The molecule has 4 aliphatic carbocycles. The van der Waals surface area contributed by atoms with Crippen molar-refractivity contribution in [3.63, 3.8) is 0 Å². The molecule has 0 aliphatic heterocycles. The lowest BCUT2D eigenvalue weighted by molar-refractivity contribution is -0.196. The first-order valence-electron chi connectivity index (χ1n) is 10.4. The van der Waals surface area contributed by atoms with Crippen molar-refractivity contribution >= 4 is 5.78 Å². The van der Waals surface area contributed by atoms with Gasteiger partial charge in [-0.2, -0.15) is 0 Å². The normalized spacial score (nSPS) is 55.0. The minimum Gasteiger partial charge on any atom is -0.394 e. The molecule has 0 saturated heterocycles. The van der Waals surface area contributed by atoms with Gasteiger partial charge < -0.3 is 20.4 Å². The summed E-state index contributed by atoms with van der Waals surface area (Å²) < 4.78 is 0. The SMILES string of the molecule is C[C@]12CC[C@@H](O)C[C@@H]1CC[C@H]1[C@H]3CC[C@](O)([C@H](O)CO)[C@]3(C)CC(=O)[C@@H]12. The Bertz CT molecular complexity index is 593. The van der Waals surface area contributed by atoms with Crippen molar-refractivity contribution in [1.82, 2.24) is 0 Å². The van der Waals surface area contributed by atoms with Crippen LogP contribution in [0.25, 0.3) is 0 Å². The largest absolute Gasteiger partial charge is 0.394 e. The Balaban J connectivity index is 1.69. The topological polar surface area (TPSA) is 98.0 Å². The number of hydrogen-bond donors (Lipinski definition) is 4. The average molecular weight is 366 g/mol. The zero-order chi connectivity index (χ0) is 18.9. The first-order valence-corrected chi connectivity index (χ1v) is 10.4. The quantitative estimate of drug-likeness (QED) is 0.596. The van der Waals surface area contributed by atoms with Crippen LogP contribution in [0.1, 0.15) is 65.2 Å². The molecule has 4 N–H and O–H groups in total. The van der Waals surface area contributed by atoms with Crippen molar-refractivity contribution in [3.05, 3.63) is 0 Å². The molecule has 9 atom stereocenters. The van der Waals surface area contributed by atoms with Gasteiger partial charge in [-0.15, -0.1) is 0 Å². The molecule has 5 nitrogen and oxygen atoms in total. The molecular weight excluding hydrogens is 332 g/mol. The van der Waals surface area contributed by atoms with Crippen molar-refractivity contribution in [2.24, 2.45) is 34.5 Å². The summed E-state index contributed by atoms with van der Waals surface area (Å²) in [7, 11) is 0. The molecule has 4 fully saturated rings. The molecule has 0 bridgehead atoms. The van der Waals surface area contributed by atoms with Gasteiger partial charge in [0, 0.05) is 17.8 Å². The van der Waals surface area contributed by atoms with Crippen molar-refractivity contribution in [1.29, 1.82) is 0 Å².